The van der Waals surface area contributed by atoms with Gasteiger partial charge in [0.15, 0.2) is 6.29 Å². The van der Waals surface area contributed by atoms with Crippen LogP contribution in [0.5, 0.6) is 0 Å². The zero-order valence-corrected chi connectivity index (χ0v) is 9.30. The number of rotatable bonds is 6. The Kier molecular flexibility index (Phi) is 5.85. The first-order valence-corrected chi connectivity index (χ1v) is 5.94. The molecule has 0 bridgehead atoms. The summed E-state index contributed by atoms with van der Waals surface area (Å²) in [5.41, 5.74) is 0. The number of nitrogens with zero attached hydrogens (tertiary/aromatic N) is 1. The minimum atomic E-state index is 0.634. The van der Waals surface area contributed by atoms with Crippen LogP contribution in [0.3, 0.4) is 0 Å². The van der Waals surface area contributed by atoms with E-state index in [-0.39, 0.29) is 0 Å². The van der Waals surface area contributed by atoms with Crippen LogP contribution < -0.4 is 0 Å². The van der Waals surface area contributed by atoms with E-state index in [1.54, 1.807) is 0 Å². The van der Waals surface area contributed by atoms with Gasteiger partial charge in [0.25, 0.3) is 0 Å². The molecule has 0 aliphatic carbocycles. The Labute approximate surface area is 87.7 Å². The molecule has 81 valence electrons. The molecule has 1 saturated heterocycles. The lowest BCUT2D eigenvalue weighted by molar-refractivity contribution is 0.178. The Bertz CT molecular complexity index is 150. The van der Waals surface area contributed by atoms with Gasteiger partial charge in [-0.25, -0.2) is 0 Å². The lowest BCUT2D eigenvalue weighted by Crippen LogP contribution is -2.34. The van der Waals surface area contributed by atoms with Crippen molar-refractivity contribution in [3.05, 3.63) is 0 Å². The van der Waals surface area contributed by atoms with Crippen molar-refractivity contribution in [1.82, 2.24) is 4.90 Å². The topological polar surface area (TPSA) is 20.3 Å². The van der Waals surface area contributed by atoms with Crippen LogP contribution >= 0.6 is 0 Å². The third-order valence-corrected chi connectivity index (χ3v) is 3.14. The molecule has 0 aromatic heterocycles. The summed E-state index contributed by atoms with van der Waals surface area (Å²) in [5, 5.41) is 0. The van der Waals surface area contributed by atoms with Crippen LogP contribution in [0.4, 0.5) is 0 Å². The molecule has 0 saturated carbocycles. The van der Waals surface area contributed by atoms with Crippen LogP contribution in [-0.4, -0.2) is 30.8 Å². The molecule has 1 rings (SSSR count). The predicted molar refractivity (Wildman–Crippen MR) is 59.0 cm³/mol. The molecule has 14 heavy (non-hydrogen) atoms. The van der Waals surface area contributed by atoms with E-state index in [0.717, 1.165) is 12.3 Å². The van der Waals surface area contributed by atoms with Gasteiger partial charge in [0.2, 0.25) is 0 Å². The van der Waals surface area contributed by atoms with E-state index in [2.05, 4.69) is 11.8 Å². The Morgan fingerprint density at radius 1 is 1.36 bits per heavy atom. The van der Waals surface area contributed by atoms with Crippen LogP contribution in [0, 0.1) is 5.92 Å². The highest BCUT2D eigenvalue weighted by atomic mass is 16.1. The third-order valence-electron chi connectivity index (χ3n) is 3.14. The van der Waals surface area contributed by atoms with Crippen LogP contribution in [0.2, 0.25) is 0 Å². The Balaban J connectivity index is 2.06. The van der Waals surface area contributed by atoms with Crippen molar-refractivity contribution in [2.45, 2.75) is 45.4 Å². The van der Waals surface area contributed by atoms with E-state index >= 15 is 0 Å². The average molecular weight is 196 g/mol. The number of carbonyl (C=O) groups excluding carboxylic acids is 1. The Morgan fingerprint density at radius 2 is 2.07 bits per heavy atom. The normalized spacial score (nSPS) is 19.8. The molecular formula is C12H22NO. The van der Waals surface area contributed by atoms with Crippen LogP contribution in [0.25, 0.3) is 0 Å². The first kappa shape index (κ1) is 11.7. The van der Waals surface area contributed by atoms with E-state index in [1.165, 1.54) is 45.3 Å². The maximum atomic E-state index is 10.1. The van der Waals surface area contributed by atoms with Gasteiger partial charge in [-0.3, -0.25) is 4.79 Å². The van der Waals surface area contributed by atoms with Crippen LogP contribution in [0.15, 0.2) is 0 Å². The second kappa shape index (κ2) is 6.99. The summed E-state index contributed by atoms with van der Waals surface area (Å²) in [7, 11) is 0. The molecule has 0 amide bonds. The molecule has 0 atom stereocenters. The molecule has 0 N–H and O–H groups in total. The van der Waals surface area contributed by atoms with Gasteiger partial charge in [0.1, 0.15) is 0 Å². The van der Waals surface area contributed by atoms with E-state index < -0.39 is 0 Å². The van der Waals surface area contributed by atoms with Gasteiger partial charge >= 0.3 is 0 Å². The molecule has 1 radical (unpaired) electrons. The van der Waals surface area contributed by atoms with Crippen molar-refractivity contribution < 1.29 is 4.79 Å². The summed E-state index contributed by atoms with van der Waals surface area (Å²) < 4.78 is 0. The molecule has 2 nitrogen and oxygen atoms in total. The largest absolute Gasteiger partial charge is 0.303 e. The summed E-state index contributed by atoms with van der Waals surface area (Å²) >= 11 is 0. The van der Waals surface area contributed by atoms with Gasteiger partial charge in [-0.2, -0.15) is 0 Å². The van der Waals surface area contributed by atoms with E-state index in [1.807, 2.05) is 6.29 Å². The quantitative estimate of drug-likeness (QED) is 0.608. The SMILES string of the molecule is CCCN1CCC(CCC[C]=O)CC1. The van der Waals surface area contributed by atoms with E-state index in [0.29, 0.717) is 6.42 Å². The van der Waals surface area contributed by atoms with Gasteiger partial charge in [-0.1, -0.05) is 6.92 Å². The maximum Gasteiger partial charge on any atom is 0.198 e. The molecule has 1 heterocycles. The fourth-order valence-electron chi connectivity index (χ4n) is 2.28. The summed E-state index contributed by atoms with van der Waals surface area (Å²) in [5.74, 6) is 0.872. The fourth-order valence-corrected chi connectivity index (χ4v) is 2.28. The Morgan fingerprint density at radius 3 is 2.64 bits per heavy atom. The number of likely N-dealkylation sites (tertiary alicyclic amines) is 1. The first-order chi connectivity index (χ1) is 6.86. The minimum absolute atomic E-state index is 0.634. The van der Waals surface area contributed by atoms with Gasteiger partial charge in [-0.05, 0) is 57.7 Å². The molecular weight excluding hydrogens is 174 g/mol. The zero-order valence-electron chi connectivity index (χ0n) is 9.30. The highest BCUT2D eigenvalue weighted by Crippen LogP contribution is 2.22. The van der Waals surface area contributed by atoms with Gasteiger partial charge in [-0.15, -0.1) is 0 Å². The molecule has 0 aromatic rings. The summed E-state index contributed by atoms with van der Waals surface area (Å²) in [4.78, 5) is 12.6. The number of hydrogen-bond donors (Lipinski definition) is 0. The summed E-state index contributed by atoms with van der Waals surface area (Å²) in [6.45, 7) is 6.04. The number of piperidine rings is 1. The first-order valence-electron chi connectivity index (χ1n) is 5.94. The third kappa shape index (κ3) is 4.23. The fraction of sp³-hybridized carbons (Fsp3) is 0.917. The average Bonchev–Trinajstić information content (AvgIpc) is 2.21. The van der Waals surface area contributed by atoms with Crippen LogP contribution in [0.1, 0.15) is 45.4 Å². The minimum Gasteiger partial charge on any atom is -0.303 e. The van der Waals surface area contributed by atoms with Crippen molar-refractivity contribution in [2.75, 3.05) is 19.6 Å². The molecule has 2 heteroatoms. The highest BCUT2D eigenvalue weighted by molar-refractivity contribution is 5.50. The highest BCUT2D eigenvalue weighted by Gasteiger charge is 2.17. The Hall–Kier alpha value is -0.370. The second-order valence-corrected chi connectivity index (χ2v) is 4.32. The molecule has 0 aromatic carbocycles. The van der Waals surface area contributed by atoms with Gasteiger partial charge < -0.3 is 4.90 Å². The second-order valence-electron chi connectivity index (χ2n) is 4.32. The van der Waals surface area contributed by atoms with Crippen molar-refractivity contribution >= 4 is 6.29 Å². The predicted octanol–water partition coefficient (Wildman–Crippen LogP) is 2.39. The van der Waals surface area contributed by atoms with Gasteiger partial charge in [0.05, 0.1) is 0 Å². The molecule has 1 aliphatic rings. The lowest BCUT2D eigenvalue weighted by Gasteiger charge is -2.31. The molecule has 1 fully saturated rings. The van der Waals surface area contributed by atoms with Crippen LogP contribution in [-0.2, 0) is 4.79 Å². The maximum absolute atomic E-state index is 10.1. The molecule has 1 aliphatic heterocycles. The van der Waals surface area contributed by atoms with Gasteiger partial charge in [0, 0.05) is 6.42 Å². The van der Waals surface area contributed by atoms with E-state index in [4.69, 9.17) is 0 Å². The van der Waals surface area contributed by atoms with Crippen molar-refractivity contribution in [3.63, 3.8) is 0 Å². The number of hydrogen-bond acceptors (Lipinski definition) is 2. The number of unbranched alkanes of at least 4 members (excludes halogenated alkanes) is 1. The standard InChI is InChI=1S/C12H22NO/c1-2-8-13-9-6-12(7-10-13)5-3-4-11-14/h12H,2-10H2,1H3. The smallest absolute Gasteiger partial charge is 0.198 e. The summed E-state index contributed by atoms with van der Waals surface area (Å²) in [6.07, 6.45) is 8.82. The molecule has 0 unspecified atom stereocenters. The monoisotopic (exact) mass is 196 g/mol. The van der Waals surface area contributed by atoms with Crippen molar-refractivity contribution in [2.24, 2.45) is 5.92 Å². The lowest BCUT2D eigenvalue weighted by atomic mass is 9.91. The van der Waals surface area contributed by atoms with Crippen molar-refractivity contribution in [3.8, 4) is 0 Å². The molecule has 0 spiro atoms. The zero-order chi connectivity index (χ0) is 10.2. The van der Waals surface area contributed by atoms with Crippen molar-refractivity contribution in [1.29, 1.82) is 0 Å². The summed E-state index contributed by atoms with van der Waals surface area (Å²) in [6, 6.07) is 0. The van der Waals surface area contributed by atoms with E-state index in [9.17, 15) is 4.79 Å².